The van der Waals surface area contributed by atoms with Crippen LogP contribution in [0.4, 0.5) is 0 Å². The molecule has 1 heterocycles. The number of ether oxygens (including phenoxy) is 1. The molecule has 0 saturated heterocycles. The maximum absolute atomic E-state index is 11.2. The van der Waals surface area contributed by atoms with Crippen LogP contribution in [0.2, 0.25) is 0 Å². The molecule has 0 radical (unpaired) electrons. The lowest BCUT2D eigenvalue weighted by atomic mass is 9.91. The molecule has 3 aromatic rings. The Kier molecular flexibility index (Phi) is 9.26. The van der Waals surface area contributed by atoms with E-state index in [1.165, 1.54) is 4.88 Å². The summed E-state index contributed by atoms with van der Waals surface area (Å²) in [6.07, 6.45) is 2.71. The van der Waals surface area contributed by atoms with Crippen molar-refractivity contribution in [1.82, 2.24) is 0 Å². The number of aliphatic hydroxyl groups excluding tert-OH is 1. The van der Waals surface area contributed by atoms with Crippen LogP contribution >= 0.6 is 34.5 Å². The van der Waals surface area contributed by atoms with Crippen LogP contribution in [0.25, 0.3) is 0 Å². The lowest BCUT2D eigenvalue weighted by Gasteiger charge is -2.21. The zero-order valence-electron chi connectivity index (χ0n) is 19.4. The van der Waals surface area contributed by atoms with Crippen LogP contribution in [0.3, 0.4) is 0 Å². The van der Waals surface area contributed by atoms with E-state index in [1.807, 2.05) is 42.5 Å². The van der Waals surface area contributed by atoms with E-state index in [1.54, 1.807) is 29.5 Å². The fourth-order valence-electron chi connectivity index (χ4n) is 4.79. The Bertz CT molecular complexity index is 1100. The molecule has 1 aliphatic rings. The summed E-state index contributed by atoms with van der Waals surface area (Å²) >= 11 is 14.9. The number of aryl methyl sites for hydroxylation is 1. The smallest absolute Gasteiger partial charge is 0.335 e. The summed E-state index contributed by atoms with van der Waals surface area (Å²) in [4.78, 5) is 13.4. The Hall–Kier alpha value is -1.89. The van der Waals surface area contributed by atoms with Crippen molar-refractivity contribution >= 4 is 40.5 Å². The first-order valence-corrected chi connectivity index (χ1v) is 13.6. The molecule has 186 valence electrons. The number of hydrogen-bond donors (Lipinski definition) is 2. The van der Waals surface area contributed by atoms with E-state index < -0.39 is 12.1 Å². The summed E-state index contributed by atoms with van der Waals surface area (Å²) in [5.74, 6) is -0.447. The highest BCUT2D eigenvalue weighted by atomic mass is 35.5. The van der Waals surface area contributed by atoms with Gasteiger partial charge in [-0.3, -0.25) is 0 Å². The third-order valence-electron chi connectivity index (χ3n) is 6.67. The van der Waals surface area contributed by atoms with Gasteiger partial charge in [-0.05, 0) is 66.5 Å². The molecule has 3 unspecified atom stereocenters. The SMILES string of the molecule is O=C(O)c1cccc(COC[C@H]2CC(Cl)C(Cl)[C@@H]2CCc2ccc(C(O)Cc3ccccc3)s2)c1. The average molecular weight is 534 g/mol. The molecule has 5 atom stereocenters. The molecule has 1 fully saturated rings. The van der Waals surface area contributed by atoms with Crippen molar-refractivity contribution in [2.24, 2.45) is 11.8 Å². The first kappa shape index (κ1) is 26.2. The highest BCUT2D eigenvalue weighted by Gasteiger charge is 2.41. The van der Waals surface area contributed by atoms with Gasteiger partial charge in [-0.25, -0.2) is 4.79 Å². The van der Waals surface area contributed by atoms with Gasteiger partial charge in [0.1, 0.15) is 0 Å². The van der Waals surface area contributed by atoms with Gasteiger partial charge in [0.15, 0.2) is 0 Å². The zero-order chi connectivity index (χ0) is 24.8. The number of rotatable bonds is 11. The number of carboxylic acid groups (broad SMARTS) is 1. The maximum atomic E-state index is 11.2. The van der Waals surface area contributed by atoms with E-state index >= 15 is 0 Å². The fourth-order valence-corrected chi connectivity index (χ4v) is 6.65. The summed E-state index contributed by atoms with van der Waals surface area (Å²) in [6, 6.07) is 21.0. The van der Waals surface area contributed by atoms with Gasteiger partial charge < -0.3 is 14.9 Å². The number of carboxylic acids is 1. The van der Waals surface area contributed by atoms with Crippen molar-refractivity contribution in [2.45, 2.75) is 49.1 Å². The highest BCUT2D eigenvalue weighted by Crippen LogP contribution is 2.42. The highest BCUT2D eigenvalue weighted by molar-refractivity contribution is 7.12. The van der Waals surface area contributed by atoms with E-state index in [4.69, 9.17) is 33.0 Å². The first-order valence-electron chi connectivity index (χ1n) is 11.9. The molecule has 35 heavy (non-hydrogen) atoms. The molecular weight excluding hydrogens is 503 g/mol. The Morgan fingerprint density at radius 1 is 1.06 bits per heavy atom. The molecule has 0 spiro atoms. The Morgan fingerprint density at radius 2 is 1.83 bits per heavy atom. The van der Waals surface area contributed by atoms with E-state index in [2.05, 4.69) is 6.07 Å². The summed E-state index contributed by atoms with van der Waals surface area (Å²) in [6.45, 7) is 0.901. The first-order chi connectivity index (χ1) is 16.9. The molecule has 2 aromatic carbocycles. The lowest BCUT2D eigenvalue weighted by Crippen LogP contribution is -2.21. The minimum atomic E-state index is -0.943. The van der Waals surface area contributed by atoms with Crippen molar-refractivity contribution in [3.8, 4) is 0 Å². The van der Waals surface area contributed by atoms with E-state index in [0.717, 1.165) is 35.3 Å². The molecule has 4 rings (SSSR count). The van der Waals surface area contributed by atoms with Crippen molar-refractivity contribution in [3.63, 3.8) is 0 Å². The van der Waals surface area contributed by atoms with Crippen molar-refractivity contribution in [1.29, 1.82) is 0 Å². The third-order valence-corrected chi connectivity index (χ3v) is 9.12. The lowest BCUT2D eigenvalue weighted by molar-refractivity contribution is 0.0691. The average Bonchev–Trinajstić information content (AvgIpc) is 3.43. The van der Waals surface area contributed by atoms with Crippen LogP contribution in [0, 0.1) is 11.8 Å². The molecule has 1 aliphatic carbocycles. The third kappa shape index (κ3) is 7.08. The van der Waals surface area contributed by atoms with Gasteiger partial charge in [-0.1, -0.05) is 42.5 Å². The van der Waals surface area contributed by atoms with Gasteiger partial charge >= 0.3 is 5.97 Å². The predicted molar refractivity (Wildman–Crippen MR) is 142 cm³/mol. The van der Waals surface area contributed by atoms with E-state index in [9.17, 15) is 9.90 Å². The normalized spacial score (nSPS) is 22.8. The van der Waals surface area contributed by atoms with Gasteiger partial charge in [-0.2, -0.15) is 0 Å². The Labute approximate surface area is 220 Å². The molecule has 4 nitrogen and oxygen atoms in total. The molecule has 1 saturated carbocycles. The molecule has 1 aromatic heterocycles. The number of aromatic carboxylic acids is 1. The van der Waals surface area contributed by atoms with E-state index in [-0.39, 0.29) is 28.2 Å². The second-order valence-corrected chi connectivity index (χ2v) is 11.5. The van der Waals surface area contributed by atoms with Crippen LogP contribution < -0.4 is 0 Å². The number of benzene rings is 2. The second kappa shape index (κ2) is 12.4. The van der Waals surface area contributed by atoms with Crippen LogP contribution in [0.1, 0.15) is 50.2 Å². The molecule has 7 heteroatoms. The van der Waals surface area contributed by atoms with Crippen molar-refractivity contribution < 1.29 is 19.7 Å². The molecular formula is C28H30Cl2O4S. The molecule has 0 aliphatic heterocycles. The van der Waals surface area contributed by atoms with Gasteiger partial charge in [0.25, 0.3) is 0 Å². The standard InChI is InChI=1S/C28H30Cl2O4S/c29-24-15-21(17-34-16-19-7-4-8-20(13-19)28(32)33)23(27(24)30)11-9-22-10-12-26(35-22)25(31)14-18-5-2-1-3-6-18/h1-8,10,12-13,21,23-25,27,31H,9,11,14-17H2,(H,32,33)/t21-,23-,24?,25?,27?/m1/s1. The quantitative estimate of drug-likeness (QED) is 0.269. The van der Waals surface area contributed by atoms with Gasteiger partial charge in [0, 0.05) is 16.2 Å². The van der Waals surface area contributed by atoms with Gasteiger partial charge in [-0.15, -0.1) is 34.5 Å². The zero-order valence-corrected chi connectivity index (χ0v) is 21.7. The maximum Gasteiger partial charge on any atom is 0.335 e. The number of alkyl halides is 2. The van der Waals surface area contributed by atoms with Gasteiger partial charge in [0.05, 0.1) is 35.6 Å². The summed E-state index contributed by atoms with van der Waals surface area (Å²) in [5, 5.41) is 19.6. The summed E-state index contributed by atoms with van der Waals surface area (Å²) in [5.41, 5.74) is 2.22. The predicted octanol–water partition coefficient (Wildman–Crippen LogP) is 6.72. The summed E-state index contributed by atoms with van der Waals surface area (Å²) < 4.78 is 5.97. The summed E-state index contributed by atoms with van der Waals surface area (Å²) in [7, 11) is 0. The van der Waals surface area contributed by atoms with Crippen LogP contribution in [-0.2, 0) is 24.2 Å². The minimum absolute atomic E-state index is 0.0859. The Balaban J connectivity index is 1.29. The number of halogens is 2. The monoisotopic (exact) mass is 532 g/mol. The fraction of sp³-hybridized carbons (Fsp3) is 0.393. The van der Waals surface area contributed by atoms with E-state index in [0.29, 0.717) is 19.6 Å². The number of aliphatic hydroxyl groups is 1. The van der Waals surface area contributed by atoms with Crippen LogP contribution in [0.5, 0.6) is 0 Å². The van der Waals surface area contributed by atoms with Crippen LogP contribution in [-0.4, -0.2) is 33.5 Å². The van der Waals surface area contributed by atoms with Crippen LogP contribution in [0.15, 0.2) is 66.7 Å². The number of hydrogen-bond acceptors (Lipinski definition) is 4. The molecule has 0 amide bonds. The number of thiophene rings is 1. The minimum Gasteiger partial charge on any atom is -0.478 e. The largest absolute Gasteiger partial charge is 0.478 e. The topological polar surface area (TPSA) is 66.8 Å². The van der Waals surface area contributed by atoms with Gasteiger partial charge in [0.2, 0.25) is 0 Å². The molecule has 2 N–H and O–H groups in total. The Morgan fingerprint density at radius 3 is 2.60 bits per heavy atom. The molecule has 0 bridgehead atoms. The van der Waals surface area contributed by atoms with Crippen molar-refractivity contribution in [3.05, 3.63) is 93.2 Å². The number of carbonyl (C=O) groups is 1. The second-order valence-electron chi connectivity index (χ2n) is 9.19. The van der Waals surface area contributed by atoms with Crippen molar-refractivity contribution in [2.75, 3.05) is 6.61 Å².